The van der Waals surface area contributed by atoms with Crippen molar-refractivity contribution in [3.05, 3.63) is 78.9 Å². The molecule has 3 heterocycles. The predicted molar refractivity (Wildman–Crippen MR) is 90.2 cm³/mol. The highest BCUT2D eigenvalue weighted by atomic mass is 16.6. The molecule has 0 saturated carbocycles. The molecule has 3 rings (SSSR count). The summed E-state index contributed by atoms with van der Waals surface area (Å²) in [5, 5.41) is 0. The van der Waals surface area contributed by atoms with Gasteiger partial charge in [-0.05, 0) is 24.3 Å². The molecule has 0 bridgehead atoms. The van der Waals surface area contributed by atoms with Gasteiger partial charge in [0.1, 0.15) is 0 Å². The second-order valence-electron chi connectivity index (χ2n) is 5.07. The third-order valence-corrected chi connectivity index (χ3v) is 2.97. The maximum atomic E-state index is 11.5. The van der Waals surface area contributed by atoms with Gasteiger partial charge in [0.2, 0.25) is 0 Å². The van der Waals surface area contributed by atoms with Gasteiger partial charge in [-0.3, -0.25) is 19.6 Å². The molecule has 0 radical (unpaired) electrons. The van der Waals surface area contributed by atoms with Gasteiger partial charge in [0.25, 0.3) is 0 Å². The van der Waals surface area contributed by atoms with Crippen molar-refractivity contribution in [3.63, 3.8) is 0 Å². The van der Waals surface area contributed by atoms with Gasteiger partial charge in [-0.1, -0.05) is 12.1 Å². The molecule has 0 atom stereocenters. The average Bonchev–Trinajstić information content (AvgIpc) is 3.08. The quantitative estimate of drug-likeness (QED) is 0.532. The Labute approximate surface area is 145 Å². The summed E-state index contributed by atoms with van der Waals surface area (Å²) in [6, 6.07) is 10.4. The molecule has 7 nitrogen and oxygen atoms in total. The molecule has 3 aromatic heterocycles. The number of hydrogen-bond acceptors (Lipinski definition) is 6. The molecule has 0 aromatic carbocycles. The summed E-state index contributed by atoms with van der Waals surface area (Å²) in [7, 11) is 1.94. The van der Waals surface area contributed by atoms with Gasteiger partial charge < -0.3 is 9.30 Å². The second kappa shape index (κ2) is 9.71. The minimum absolute atomic E-state index is 0.0190. The van der Waals surface area contributed by atoms with Crippen LogP contribution in [0, 0.1) is 0 Å². The van der Waals surface area contributed by atoms with Crippen LogP contribution in [0.5, 0.6) is 0 Å². The van der Waals surface area contributed by atoms with E-state index >= 15 is 0 Å². The fraction of sp³-hybridized carbons (Fsp3) is 0.167. The van der Waals surface area contributed by atoms with Crippen molar-refractivity contribution in [1.82, 2.24) is 19.5 Å². The normalized spacial score (nSPS) is 9.64. The van der Waals surface area contributed by atoms with Gasteiger partial charge in [-0.2, -0.15) is 0 Å². The Morgan fingerprint density at radius 1 is 0.920 bits per heavy atom. The average molecular weight is 338 g/mol. The molecule has 0 N–H and O–H groups in total. The standard InChI is InChI=1S/C14H12N2O3.C4H6N2/c17-13(9-11-5-1-3-7-15-11)19-14(18)10-12-6-2-4-8-16-12;1-6-3-2-5-4-6/h1-8H,9-10H2;2-4H,1H3. The van der Waals surface area contributed by atoms with E-state index in [1.165, 1.54) is 0 Å². The van der Waals surface area contributed by atoms with Crippen LogP contribution in [0.1, 0.15) is 11.4 Å². The lowest BCUT2D eigenvalue weighted by Gasteiger charge is -2.02. The Hall–Kier alpha value is -3.35. The van der Waals surface area contributed by atoms with Crippen molar-refractivity contribution < 1.29 is 14.3 Å². The van der Waals surface area contributed by atoms with Crippen molar-refractivity contribution in [2.24, 2.45) is 7.05 Å². The molecule has 128 valence electrons. The number of imidazole rings is 1. The highest BCUT2D eigenvalue weighted by Gasteiger charge is 2.12. The van der Waals surface area contributed by atoms with Crippen LogP contribution in [0.4, 0.5) is 0 Å². The third kappa shape index (κ3) is 7.17. The van der Waals surface area contributed by atoms with Crippen molar-refractivity contribution in [1.29, 1.82) is 0 Å². The summed E-state index contributed by atoms with van der Waals surface area (Å²) in [6.45, 7) is 0. The van der Waals surface area contributed by atoms with E-state index in [0.29, 0.717) is 11.4 Å². The first kappa shape index (κ1) is 18.0. The van der Waals surface area contributed by atoms with Gasteiger partial charge in [-0.25, -0.2) is 4.98 Å². The molecule has 0 fully saturated rings. The maximum absolute atomic E-state index is 11.5. The van der Waals surface area contributed by atoms with Crippen LogP contribution in [-0.2, 0) is 34.2 Å². The number of esters is 2. The minimum atomic E-state index is -0.611. The Bertz CT molecular complexity index is 723. The number of rotatable bonds is 4. The molecule has 0 aliphatic carbocycles. The summed E-state index contributed by atoms with van der Waals surface area (Å²) < 4.78 is 6.59. The maximum Gasteiger partial charge on any atom is 0.319 e. The van der Waals surface area contributed by atoms with Crippen LogP contribution in [0.25, 0.3) is 0 Å². The molecule has 0 saturated heterocycles. The number of aryl methyl sites for hydroxylation is 1. The van der Waals surface area contributed by atoms with Crippen molar-refractivity contribution in [2.75, 3.05) is 0 Å². The fourth-order valence-electron chi connectivity index (χ4n) is 1.83. The van der Waals surface area contributed by atoms with Crippen molar-refractivity contribution in [3.8, 4) is 0 Å². The number of pyridine rings is 2. The monoisotopic (exact) mass is 338 g/mol. The third-order valence-electron chi connectivity index (χ3n) is 2.97. The Morgan fingerprint density at radius 3 is 1.80 bits per heavy atom. The van der Waals surface area contributed by atoms with Gasteiger partial charge in [0.15, 0.2) is 0 Å². The molecule has 0 aliphatic heterocycles. The SMILES string of the molecule is Cn1ccnc1.O=C(Cc1ccccn1)OC(=O)Cc1ccccn1. The zero-order chi connectivity index (χ0) is 17.9. The largest absolute Gasteiger partial charge is 0.393 e. The Balaban J connectivity index is 0.000000316. The number of nitrogens with zero attached hydrogens (tertiary/aromatic N) is 4. The first-order valence-electron chi connectivity index (χ1n) is 7.59. The highest BCUT2D eigenvalue weighted by Crippen LogP contribution is 2.00. The lowest BCUT2D eigenvalue weighted by molar-refractivity contribution is -0.158. The Kier molecular flexibility index (Phi) is 6.99. The molecule has 7 heteroatoms. The van der Waals surface area contributed by atoms with E-state index in [9.17, 15) is 9.59 Å². The predicted octanol–water partition coefficient (Wildman–Crippen LogP) is 1.75. The minimum Gasteiger partial charge on any atom is -0.393 e. The van der Waals surface area contributed by atoms with Crippen molar-refractivity contribution in [2.45, 2.75) is 12.8 Å². The zero-order valence-corrected chi connectivity index (χ0v) is 13.8. The summed E-state index contributed by atoms with van der Waals surface area (Å²) in [4.78, 5) is 34.8. The summed E-state index contributed by atoms with van der Waals surface area (Å²) in [6.07, 6.45) is 8.51. The van der Waals surface area contributed by atoms with Crippen molar-refractivity contribution >= 4 is 11.9 Å². The van der Waals surface area contributed by atoms with E-state index in [2.05, 4.69) is 15.0 Å². The molecule has 0 aliphatic rings. The highest BCUT2D eigenvalue weighted by molar-refractivity contribution is 5.87. The molecule has 0 unspecified atom stereocenters. The fourth-order valence-corrected chi connectivity index (χ4v) is 1.83. The zero-order valence-electron chi connectivity index (χ0n) is 13.8. The molecular formula is C18H18N4O3. The number of carbonyl (C=O) groups is 2. The first-order valence-corrected chi connectivity index (χ1v) is 7.59. The van der Waals surface area contributed by atoms with E-state index in [1.807, 2.05) is 17.8 Å². The lowest BCUT2D eigenvalue weighted by Crippen LogP contribution is -2.17. The van der Waals surface area contributed by atoms with Gasteiger partial charge in [0, 0.05) is 31.8 Å². The first-order chi connectivity index (χ1) is 12.1. The summed E-state index contributed by atoms with van der Waals surface area (Å²) in [5.41, 5.74) is 1.14. The number of hydrogen-bond donors (Lipinski definition) is 0. The smallest absolute Gasteiger partial charge is 0.319 e. The molecular weight excluding hydrogens is 320 g/mol. The van der Waals surface area contributed by atoms with Crippen LogP contribution >= 0.6 is 0 Å². The number of carbonyl (C=O) groups excluding carboxylic acids is 2. The topological polar surface area (TPSA) is 87.0 Å². The van der Waals surface area contributed by atoms with Crippen LogP contribution < -0.4 is 0 Å². The van der Waals surface area contributed by atoms with Gasteiger partial charge in [0.05, 0.1) is 30.6 Å². The van der Waals surface area contributed by atoms with E-state index in [4.69, 9.17) is 4.74 Å². The number of ether oxygens (including phenoxy) is 1. The summed E-state index contributed by atoms with van der Waals surface area (Å²) in [5.74, 6) is -1.22. The van der Waals surface area contributed by atoms with Crippen LogP contribution in [0.2, 0.25) is 0 Å². The molecule has 25 heavy (non-hydrogen) atoms. The molecule has 0 amide bonds. The Morgan fingerprint density at radius 2 is 1.48 bits per heavy atom. The molecule has 0 spiro atoms. The van der Waals surface area contributed by atoms with Crippen LogP contribution in [-0.4, -0.2) is 31.5 Å². The van der Waals surface area contributed by atoms with Gasteiger partial charge >= 0.3 is 11.9 Å². The molecule has 3 aromatic rings. The van der Waals surface area contributed by atoms with E-state index in [-0.39, 0.29) is 12.8 Å². The van der Waals surface area contributed by atoms with E-state index < -0.39 is 11.9 Å². The second-order valence-corrected chi connectivity index (χ2v) is 5.07. The van der Waals surface area contributed by atoms with E-state index in [1.54, 1.807) is 61.3 Å². The summed E-state index contributed by atoms with van der Waals surface area (Å²) >= 11 is 0. The van der Waals surface area contributed by atoms with Crippen LogP contribution in [0.15, 0.2) is 67.5 Å². The van der Waals surface area contributed by atoms with Crippen LogP contribution in [0.3, 0.4) is 0 Å². The number of aromatic nitrogens is 4. The van der Waals surface area contributed by atoms with E-state index in [0.717, 1.165) is 0 Å². The lowest BCUT2D eigenvalue weighted by atomic mass is 10.2. The van der Waals surface area contributed by atoms with Gasteiger partial charge in [-0.15, -0.1) is 0 Å².